The van der Waals surface area contributed by atoms with Crippen LogP contribution in [0.1, 0.15) is 15.9 Å². The highest BCUT2D eigenvalue weighted by molar-refractivity contribution is 6.10. The maximum atomic E-state index is 12.7. The summed E-state index contributed by atoms with van der Waals surface area (Å²) in [7, 11) is 3.03. The molecular weight excluding hydrogens is 370 g/mol. The number of carbonyl (C=O) groups is 2. The molecule has 0 unspecified atom stereocenters. The summed E-state index contributed by atoms with van der Waals surface area (Å²) in [5, 5.41) is 2.73. The summed E-state index contributed by atoms with van der Waals surface area (Å²) in [5.41, 5.74) is 1.40. The third-order valence-electron chi connectivity index (χ3n) is 4.20. The van der Waals surface area contributed by atoms with Gasteiger partial charge in [-0.25, -0.2) is 0 Å². The van der Waals surface area contributed by atoms with Gasteiger partial charge in [-0.15, -0.1) is 0 Å². The van der Waals surface area contributed by atoms with Crippen LogP contribution in [0, 0.1) is 0 Å². The van der Waals surface area contributed by atoms with E-state index < -0.39 is 5.91 Å². The lowest BCUT2D eigenvalue weighted by Gasteiger charge is -2.13. The molecule has 6 nitrogen and oxygen atoms in total. The van der Waals surface area contributed by atoms with E-state index in [1.807, 2.05) is 12.1 Å². The molecular formula is C23H21NO5. The van der Waals surface area contributed by atoms with Gasteiger partial charge in [-0.2, -0.15) is 0 Å². The van der Waals surface area contributed by atoms with Crippen LogP contribution in [0.2, 0.25) is 0 Å². The van der Waals surface area contributed by atoms with Crippen molar-refractivity contribution in [2.45, 2.75) is 0 Å². The molecule has 0 aliphatic carbocycles. The van der Waals surface area contributed by atoms with Crippen LogP contribution in [-0.4, -0.2) is 32.5 Å². The summed E-state index contributed by atoms with van der Waals surface area (Å²) in [5.74, 6) is 0.909. The zero-order valence-corrected chi connectivity index (χ0v) is 16.2. The van der Waals surface area contributed by atoms with E-state index in [2.05, 4.69) is 5.32 Å². The lowest BCUT2D eigenvalue weighted by molar-refractivity contribution is -0.118. The van der Waals surface area contributed by atoms with Gasteiger partial charge < -0.3 is 19.5 Å². The zero-order chi connectivity index (χ0) is 20.6. The number of ketones is 1. The third-order valence-corrected chi connectivity index (χ3v) is 4.20. The minimum Gasteiger partial charge on any atom is -0.495 e. The Morgan fingerprint density at radius 1 is 0.759 bits per heavy atom. The molecule has 6 heteroatoms. The first-order valence-corrected chi connectivity index (χ1v) is 8.96. The van der Waals surface area contributed by atoms with Gasteiger partial charge in [-0.1, -0.05) is 42.5 Å². The van der Waals surface area contributed by atoms with E-state index >= 15 is 0 Å². The second-order valence-corrected chi connectivity index (χ2v) is 6.10. The molecule has 1 amide bonds. The molecule has 0 bridgehead atoms. The number of ether oxygens (including phenoxy) is 3. The number of rotatable bonds is 8. The van der Waals surface area contributed by atoms with Gasteiger partial charge in [0, 0.05) is 11.1 Å². The molecule has 3 aromatic carbocycles. The molecule has 1 N–H and O–H groups in total. The van der Waals surface area contributed by atoms with E-state index in [4.69, 9.17) is 14.2 Å². The van der Waals surface area contributed by atoms with Gasteiger partial charge in [0.2, 0.25) is 0 Å². The summed E-state index contributed by atoms with van der Waals surface area (Å²) >= 11 is 0. The maximum Gasteiger partial charge on any atom is 0.262 e. The van der Waals surface area contributed by atoms with Gasteiger partial charge in [0.25, 0.3) is 5.91 Å². The Balaban J connectivity index is 1.73. The topological polar surface area (TPSA) is 73.9 Å². The smallest absolute Gasteiger partial charge is 0.262 e. The Morgan fingerprint density at radius 3 is 2.10 bits per heavy atom. The molecule has 0 aliphatic heterocycles. The summed E-state index contributed by atoms with van der Waals surface area (Å²) in [6, 6.07) is 20.9. The quantitative estimate of drug-likeness (QED) is 0.589. The Labute approximate surface area is 169 Å². The molecule has 3 aromatic rings. The van der Waals surface area contributed by atoms with Gasteiger partial charge in [-0.05, 0) is 30.3 Å². The van der Waals surface area contributed by atoms with Gasteiger partial charge in [-0.3, -0.25) is 9.59 Å². The lowest BCUT2D eigenvalue weighted by atomic mass is 10.0. The highest BCUT2D eigenvalue weighted by Gasteiger charge is 2.14. The van der Waals surface area contributed by atoms with Crippen molar-refractivity contribution in [1.82, 2.24) is 0 Å². The first-order chi connectivity index (χ1) is 14.1. The Morgan fingerprint density at radius 2 is 1.41 bits per heavy atom. The molecule has 0 radical (unpaired) electrons. The van der Waals surface area contributed by atoms with Crippen LogP contribution in [0.3, 0.4) is 0 Å². The van der Waals surface area contributed by atoms with Crippen molar-refractivity contribution in [3.63, 3.8) is 0 Å². The van der Waals surface area contributed by atoms with E-state index in [1.165, 1.54) is 14.2 Å². The SMILES string of the molecule is COc1ccc(C(=O)c2ccccc2)cc1NC(=O)COc1ccccc1OC. The highest BCUT2D eigenvalue weighted by Crippen LogP contribution is 2.28. The van der Waals surface area contributed by atoms with Crippen molar-refractivity contribution in [2.75, 3.05) is 26.1 Å². The van der Waals surface area contributed by atoms with E-state index in [0.29, 0.717) is 34.1 Å². The Kier molecular flexibility index (Phi) is 6.47. The van der Waals surface area contributed by atoms with E-state index in [9.17, 15) is 9.59 Å². The van der Waals surface area contributed by atoms with E-state index in [0.717, 1.165) is 0 Å². The first kappa shape index (κ1) is 19.9. The first-order valence-electron chi connectivity index (χ1n) is 8.96. The number of methoxy groups -OCH3 is 2. The van der Waals surface area contributed by atoms with Crippen molar-refractivity contribution in [3.8, 4) is 17.2 Å². The molecule has 148 valence electrons. The fraction of sp³-hybridized carbons (Fsp3) is 0.130. The number of amides is 1. The van der Waals surface area contributed by atoms with Crippen LogP contribution < -0.4 is 19.5 Å². The number of para-hydroxylation sites is 2. The normalized spacial score (nSPS) is 10.1. The average Bonchev–Trinajstić information content (AvgIpc) is 2.78. The van der Waals surface area contributed by atoms with Crippen molar-refractivity contribution >= 4 is 17.4 Å². The lowest BCUT2D eigenvalue weighted by Crippen LogP contribution is -2.21. The molecule has 0 heterocycles. The van der Waals surface area contributed by atoms with Gasteiger partial charge >= 0.3 is 0 Å². The van der Waals surface area contributed by atoms with Crippen LogP contribution in [0.4, 0.5) is 5.69 Å². The summed E-state index contributed by atoms with van der Waals surface area (Å²) in [4.78, 5) is 25.1. The van der Waals surface area contributed by atoms with Crippen molar-refractivity contribution < 1.29 is 23.8 Å². The number of hydrogen-bond acceptors (Lipinski definition) is 5. The van der Waals surface area contributed by atoms with Crippen LogP contribution in [0.25, 0.3) is 0 Å². The minimum atomic E-state index is -0.390. The monoisotopic (exact) mass is 391 g/mol. The maximum absolute atomic E-state index is 12.7. The molecule has 0 aliphatic rings. The van der Waals surface area contributed by atoms with Crippen molar-refractivity contribution in [1.29, 1.82) is 0 Å². The second-order valence-electron chi connectivity index (χ2n) is 6.10. The summed E-state index contributed by atoms with van der Waals surface area (Å²) < 4.78 is 16.0. The summed E-state index contributed by atoms with van der Waals surface area (Å²) in [6.45, 7) is -0.222. The highest BCUT2D eigenvalue weighted by atomic mass is 16.5. The van der Waals surface area contributed by atoms with Crippen LogP contribution in [-0.2, 0) is 4.79 Å². The van der Waals surface area contributed by atoms with Crippen LogP contribution in [0.15, 0.2) is 72.8 Å². The second kappa shape index (κ2) is 9.41. The zero-order valence-electron chi connectivity index (χ0n) is 16.2. The summed E-state index contributed by atoms with van der Waals surface area (Å²) in [6.07, 6.45) is 0. The Hall–Kier alpha value is -3.80. The molecule has 0 spiro atoms. The molecule has 0 fully saturated rings. The standard InChI is InChI=1S/C23H21NO5/c1-27-19-13-12-17(23(26)16-8-4-3-5-9-16)14-18(19)24-22(25)15-29-21-11-7-6-10-20(21)28-2/h3-14H,15H2,1-2H3,(H,24,25). The fourth-order valence-corrected chi connectivity index (χ4v) is 2.77. The van der Waals surface area contributed by atoms with Crippen molar-refractivity contribution in [3.05, 3.63) is 83.9 Å². The fourth-order valence-electron chi connectivity index (χ4n) is 2.77. The van der Waals surface area contributed by atoms with Gasteiger partial charge in [0.15, 0.2) is 23.9 Å². The number of anilines is 1. The number of carbonyl (C=O) groups excluding carboxylic acids is 2. The number of benzene rings is 3. The third kappa shape index (κ3) is 4.93. The number of hydrogen-bond donors (Lipinski definition) is 1. The number of nitrogens with one attached hydrogen (secondary N) is 1. The van der Waals surface area contributed by atoms with Crippen molar-refractivity contribution in [2.24, 2.45) is 0 Å². The molecule has 29 heavy (non-hydrogen) atoms. The van der Waals surface area contributed by atoms with Gasteiger partial charge in [0.05, 0.1) is 19.9 Å². The van der Waals surface area contributed by atoms with E-state index in [-0.39, 0.29) is 12.4 Å². The minimum absolute atomic E-state index is 0.144. The molecule has 0 saturated carbocycles. The molecule has 0 atom stereocenters. The molecule has 0 saturated heterocycles. The molecule has 3 rings (SSSR count). The molecule has 0 aromatic heterocycles. The van der Waals surface area contributed by atoms with Gasteiger partial charge in [0.1, 0.15) is 5.75 Å². The van der Waals surface area contributed by atoms with Crippen LogP contribution in [0.5, 0.6) is 17.2 Å². The largest absolute Gasteiger partial charge is 0.495 e. The Bertz CT molecular complexity index is 1000. The van der Waals surface area contributed by atoms with Crippen LogP contribution >= 0.6 is 0 Å². The predicted octanol–water partition coefficient (Wildman–Crippen LogP) is 3.95. The predicted molar refractivity (Wildman–Crippen MR) is 110 cm³/mol. The van der Waals surface area contributed by atoms with E-state index in [1.54, 1.807) is 60.7 Å². The average molecular weight is 391 g/mol.